The first-order valence-corrected chi connectivity index (χ1v) is 12.9. The lowest BCUT2D eigenvalue weighted by Crippen LogP contribution is -2.70. The highest BCUT2D eigenvalue weighted by atomic mass is 16.5. The fraction of sp³-hybridized carbons (Fsp3) is 0.286. The Morgan fingerprint density at radius 2 is 1.87 bits per heavy atom. The highest BCUT2D eigenvalue weighted by molar-refractivity contribution is 5.87. The van der Waals surface area contributed by atoms with Crippen LogP contribution in [-0.4, -0.2) is 65.5 Å². The van der Waals surface area contributed by atoms with Gasteiger partial charge in [-0.05, 0) is 49.2 Å². The van der Waals surface area contributed by atoms with Crippen molar-refractivity contribution in [3.8, 4) is 11.5 Å². The lowest BCUT2D eigenvalue weighted by atomic mass is 9.87. The molecule has 0 spiro atoms. The quantitative estimate of drug-likeness (QED) is 0.367. The normalized spacial score (nSPS) is 18.3. The second-order valence-corrected chi connectivity index (χ2v) is 10.2. The third kappa shape index (κ3) is 4.06. The highest BCUT2D eigenvalue weighted by Crippen LogP contribution is 2.35. The molecule has 3 fully saturated rings. The molecule has 3 aliphatic rings. The van der Waals surface area contributed by atoms with E-state index in [9.17, 15) is 4.79 Å². The molecule has 3 aromatic heterocycles. The number of nitrogens with zero attached hydrogens (tertiary/aromatic N) is 8. The van der Waals surface area contributed by atoms with E-state index in [1.165, 1.54) is 6.33 Å². The molecule has 196 valence electrons. The number of carbonyl (C=O) groups is 1. The minimum Gasteiger partial charge on any atom is -0.457 e. The lowest BCUT2D eigenvalue weighted by molar-refractivity contribution is -0.143. The Balaban J connectivity index is 1.11. The van der Waals surface area contributed by atoms with Gasteiger partial charge in [-0.3, -0.25) is 4.79 Å². The molecule has 11 heteroatoms. The fourth-order valence-electron chi connectivity index (χ4n) is 5.66. The molecule has 1 N–H and O–H groups in total. The Labute approximate surface area is 224 Å². The number of hydrogen-bond donors (Lipinski definition) is 1. The van der Waals surface area contributed by atoms with Crippen LogP contribution in [0.15, 0.2) is 55.2 Å². The number of rotatable bonds is 5. The van der Waals surface area contributed by atoms with Crippen molar-refractivity contribution < 1.29 is 9.53 Å². The fourth-order valence-corrected chi connectivity index (χ4v) is 5.66. The maximum Gasteiger partial charge on any atom is 0.226 e. The van der Waals surface area contributed by atoms with Gasteiger partial charge in [-0.2, -0.15) is 0 Å². The van der Waals surface area contributed by atoms with Crippen LogP contribution in [0.5, 0.6) is 11.5 Å². The van der Waals surface area contributed by atoms with Crippen molar-refractivity contribution in [3.05, 3.63) is 60.8 Å². The zero-order valence-electron chi connectivity index (χ0n) is 21.9. The van der Waals surface area contributed by atoms with Gasteiger partial charge < -0.3 is 24.4 Å². The molecular weight excluding hydrogens is 494 g/mol. The van der Waals surface area contributed by atoms with Gasteiger partial charge in [0.15, 0.2) is 5.82 Å². The first-order valence-electron chi connectivity index (χ1n) is 12.9. The summed E-state index contributed by atoms with van der Waals surface area (Å²) in [6.45, 7) is 5.10. The minimum absolute atomic E-state index is 0.135. The van der Waals surface area contributed by atoms with Crippen molar-refractivity contribution in [2.75, 3.05) is 23.3 Å². The maximum absolute atomic E-state index is 11.9. The summed E-state index contributed by atoms with van der Waals surface area (Å²) >= 11 is 0. The third-order valence-corrected chi connectivity index (χ3v) is 7.57. The number of anilines is 3. The zero-order valence-corrected chi connectivity index (χ0v) is 21.9. The molecule has 2 aromatic carbocycles. The Morgan fingerprint density at radius 1 is 1.03 bits per heavy atom. The van der Waals surface area contributed by atoms with E-state index in [0.717, 1.165) is 53.3 Å². The number of aryl methyl sites for hydroxylation is 2. The number of imidazole rings is 1. The van der Waals surface area contributed by atoms with Gasteiger partial charge in [0.25, 0.3) is 0 Å². The number of benzene rings is 2. The van der Waals surface area contributed by atoms with Crippen molar-refractivity contribution in [3.63, 3.8) is 0 Å². The number of aromatic nitrogens is 6. The summed E-state index contributed by atoms with van der Waals surface area (Å²) in [6, 6.07) is 12.2. The SMILES string of the molecule is CC(=O)N1C2CC1CN(c1ncc3ncnc(Nc4ccc(Oc5ccc6c(c5)ncn6C)c(C)c4)c3n1)C2. The molecule has 8 rings (SSSR count). The van der Waals surface area contributed by atoms with Gasteiger partial charge in [0, 0.05) is 38.8 Å². The van der Waals surface area contributed by atoms with Gasteiger partial charge >= 0.3 is 0 Å². The van der Waals surface area contributed by atoms with Gasteiger partial charge in [0.05, 0.1) is 35.6 Å². The predicted octanol–water partition coefficient (Wildman–Crippen LogP) is 3.96. The number of ether oxygens (including phenoxy) is 1. The molecule has 0 aliphatic carbocycles. The Morgan fingerprint density at radius 3 is 2.67 bits per heavy atom. The summed E-state index contributed by atoms with van der Waals surface area (Å²) in [7, 11) is 1.97. The average Bonchev–Trinajstić information content (AvgIpc) is 3.29. The summed E-state index contributed by atoms with van der Waals surface area (Å²) in [5.74, 6) is 2.86. The second-order valence-electron chi connectivity index (χ2n) is 10.2. The van der Waals surface area contributed by atoms with Crippen LogP contribution in [0.1, 0.15) is 18.9 Å². The number of piperazine rings is 1. The average molecular weight is 522 g/mol. The van der Waals surface area contributed by atoms with Crippen LogP contribution in [0.3, 0.4) is 0 Å². The molecule has 5 aromatic rings. The standard InChI is InChI=1S/C28H27N9O2/c1-16-8-18(4-7-25(16)39-21-5-6-24-22(10-21)32-15-35(24)3)33-27-26-23(30-14-31-27)11-29-28(34-26)36-12-19-9-20(13-36)37(19)17(2)38/h4-8,10-11,14-15,19-20H,9,12-13H2,1-3H3,(H,30,31,33). The molecule has 39 heavy (non-hydrogen) atoms. The van der Waals surface area contributed by atoms with Gasteiger partial charge in [-0.1, -0.05) is 0 Å². The molecule has 0 radical (unpaired) electrons. The molecule has 11 nitrogen and oxygen atoms in total. The molecule has 2 atom stereocenters. The Kier molecular flexibility index (Phi) is 5.32. The van der Waals surface area contributed by atoms with Crippen molar-refractivity contribution in [2.24, 2.45) is 7.05 Å². The largest absolute Gasteiger partial charge is 0.457 e. The number of carbonyl (C=O) groups excluding carboxylic acids is 1. The summed E-state index contributed by atoms with van der Waals surface area (Å²) in [6.07, 6.45) is 6.07. The molecular formula is C28H27N9O2. The maximum atomic E-state index is 11.9. The van der Waals surface area contributed by atoms with E-state index in [-0.39, 0.29) is 18.0 Å². The van der Waals surface area contributed by atoms with Crippen LogP contribution in [0.4, 0.5) is 17.5 Å². The highest BCUT2D eigenvalue weighted by Gasteiger charge is 2.46. The summed E-state index contributed by atoms with van der Waals surface area (Å²) in [5.41, 5.74) is 5.07. The smallest absolute Gasteiger partial charge is 0.226 e. The molecule has 3 aliphatic heterocycles. The van der Waals surface area contributed by atoms with E-state index in [1.54, 1.807) is 19.4 Å². The van der Waals surface area contributed by atoms with Crippen LogP contribution in [0.2, 0.25) is 0 Å². The van der Waals surface area contributed by atoms with Crippen molar-refractivity contribution >= 4 is 45.4 Å². The molecule has 1 amide bonds. The minimum atomic E-state index is 0.135. The summed E-state index contributed by atoms with van der Waals surface area (Å²) in [4.78, 5) is 38.7. The number of hydrogen-bond acceptors (Lipinski definition) is 9. The Bertz CT molecular complexity index is 1740. The van der Waals surface area contributed by atoms with E-state index >= 15 is 0 Å². The lowest BCUT2D eigenvalue weighted by Gasteiger charge is -2.56. The monoisotopic (exact) mass is 521 g/mol. The van der Waals surface area contributed by atoms with E-state index in [2.05, 4.69) is 30.2 Å². The Hall–Kier alpha value is -4.80. The van der Waals surface area contributed by atoms with Crippen LogP contribution >= 0.6 is 0 Å². The topological polar surface area (TPSA) is 114 Å². The molecule has 0 saturated carbocycles. The summed E-state index contributed by atoms with van der Waals surface area (Å²) < 4.78 is 8.14. The summed E-state index contributed by atoms with van der Waals surface area (Å²) in [5, 5.41) is 3.39. The zero-order chi connectivity index (χ0) is 26.7. The molecule has 2 unspecified atom stereocenters. The van der Waals surface area contributed by atoms with Crippen molar-refractivity contribution in [1.82, 2.24) is 34.4 Å². The van der Waals surface area contributed by atoms with E-state index in [1.807, 2.05) is 59.8 Å². The van der Waals surface area contributed by atoms with Gasteiger partial charge in [0.1, 0.15) is 28.9 Å². The third-order valence-electron chi connectivity index (χ3n) is 7.57. The number of piperidine rings is 1. The second kappa shape index (κ2) is 8.90. The van der Waals surface area contributed by atoms with E-state index in [0.29, 0.717) is 22.8 Å². The first-order chi connectivity index (χ1) is 18.9. The van der Waals surface area contributed by atoms with Crippen molar-refractivity contribution in [1.29, 1.82) is 0 Å². The van der Waals surface area contributed by atoms with Crippen LogP contribution in [0.25, 0.3) is 22.1 Å². The van der Waals surface area contributed by atoms with Gasteiger partial charge in [0.2, 0.25) is 11.9 Å². The molecule has 2 bridgehead atoms. The van der Waals surface area contributed by atoms with E-state index in [4.69, 9.17) is 9.72 Å². The van der Waals surface area contributed by atoms with Crippen LogP contribution in [0, 0.1) is 6.92 Å². The molecule has 3 saturated heterocycles. The van der Waals surface area contributed by atoms with Crippen LogP contribution in [-0.2, 0) is 11.8 Å². The van der Waals surface area contributed by atoms with Crippen LogP contribution < -0.4 is 15.0 Å². The van der Waals surface area contributed by atoms with Gasteiger partial charge in [-0.15, -0.1) is 0 Å². The number of amides is 1. The predicted molar refractivity (Wildman–Crippen MR) is 147 cm³/mol. The number of fused-ring (bicyclic) bond motifs is 4. The van der Waals surface area contributed by atoms with Gasteiger partial charge in [-0.25, -0.2) is 24.9 Å². The van der Waals surface area contributed by atoms with Crippen molar-refractivity contribution in [2.45, 2.75) is 32.4 Å². The number of nitrogens with one attached hydrogen (secondary N) is 1. The first kappa shape index (κ1) is 23.3. The van der Waals surface area contributed by atoms with E-state index < -0.39 is 0 Å². The molecule has 6 heterocycles.